The maximum atomic E-state index is 12.9. The van der Waals surface area contributed by atoms with Crippen LogP contribution in [0.5, 0.6) is 0 Å². The predicted molar refractivity (Wildman–Crippen MR) is 119 cm³/mol. The van der Waals surface area contributed by atoms with Crippen molar-refractivity contribution in [2.24, 2.45) is 17.8 Å². The van der Waals surface area contributed by atoms with Crippen LogP contribution in [0.15, 0.2) is 36.1 Å². The zero-order valence-corrected chi connectivity index (χ0v) is 18.7. The lowest BCUT2D eigenvalue weighted by Crippen LogP contribution is -2.40. The van der Waals surface area contributed by atoms with Crippen LogP contribution in [0.25, 0.3) is 0 Å². The smallest absolute Gasteiger partial charge is 0.290 e. The van der Waals surface area contributed by atoms with Gasteiger partial charge in [-0.3, -0.25) is 4.79 Å². The van der Waals surface area contributed by atoms with Crippen molar-refractivity contribution >= 4 is 17.3 Å². The molecule has 0 saturated carbocycles. The van der Waals surface area contributed by atoms with E-state index in [1.54, 1.807) is 12.1 Å². The van der Waals surface area contributed by atoms with Gasteiger partial charge >= 0.3 is 0 Å². The fraction of sp³-hybridized carbons (Fsp3) is 0.609. The second-order valence-electron chi connectivity index (χ2n) is 7.74. The Bertz CT molecular complexity index is 709. The van der Waals surface area contributed by atoms with Crippen molar-refractivity contribution in [2.75, 3.05) is 50.7 Å². The molecule has 174 valence electrons. The van der Waals surface area contributed by atoms with Gasteiger partial charge in [-0.15, -0.1) is 0 Å². The fourth-order valence-electron chi connectivity index (χ4n) is 3.60. The van der Waals surface area contributed by atoms with Gasteiger partial charge in [0.25, 0.3) is 5.91 Å². The van der Waals surface area contributed by atoms with E-state index in [2.05, 4.69) is 19.2 Å². The number of ether oxygens (including phenoxy) is 4. The predicted octanol–water partition coefficient (Wildman–Crippen LogP) is 2.79. The van der Waals surface area contributed by atoms with Crippen molar-refractivity contribution in [3.8, 4) is 0 Å². The first-order chi connectivity index (χ1) is 15.0. The molecule has 3 atom stereocenters. The SMILES string of the molecule is CCO[C@@H]1OC(C(=O)Nc2ccccc2N)=C[C@H](C(C)C)[C@H]1CCOCCOCCO. The molecule has 1 aliphatic rings. The molecule has 1 amide bonds. The summed E-state index contributed by atoms with van der Waals surface area (Å²) in [6.07, 6.45) is 2.08. The molecule has 0 radical (unpaired) electrons. The molecule has 8 nitrogen and oxygen atoms in total. The van der Waals surface area contributed by atoms with Gasteiger partial charge in [-0.25, -0.2) is 0 Å². The number of nitrogens with two attached hydrogens (primary N) is 1. The number of hydrogen-bond donors (Lipinski definition) is 3. The summed E-state index contributed by atoms with van der Waals surface area (Å²) in [6.45, 7) is 8.37. The topological polar surface area (TPSA) is 112 Å². The molecule has 0 fully saturated rings. The van der Waals surface area contributed by atoms with Gasteiger partial charge in [0.2, 0.25) is 6.29 Å². The minimum absolute atomic E-state index is 0.00459. The molecule has 0 unspecified atom stereocenters. The van der Waals surface area contributed by atoms with Crippen molar-refractivity contribution in [1.29, 1.82) is 0 Å². The molecule has 0 bridgehead atoms. The van der Waals surface area contributed by atoms with E-state index in [1.807, 2.05) is 25.1 Å². The number of aliphatic hydroxyl groups is 1. The quantitative estimate of drug-likeness (QED) is 0.322. The van der Waals surface area contributed by atoms with Crippen LogP contribution in [-0.4, -0.2) is 56.9 Å². The van der Waals surface area contributed by atoms with E-state index in [-0.39, 0.29) is 36.0 Å². The summed E-state index contributed by atoms with van der Waals surface area (Å²) < 4.78 is 22.7. The average molecular weight is 437 g/mol. The van der Waals surface area contributed by atoms with E-state index >= 15 is 0 Å². The summed E-state index contributed by atoms with van der Waals surface area (Å²) in [4.78, 5) is 12.9. The number of carbonyl (C=O) groups is 1. The van der Waals surface area contributed by atoms with Crippen LogP contribution in [0.4, 0.5) is 11.4 Å². The molecular formula is C23H36N2O6. The van der Waals surface area contributed by atoms with E-state index in [0.29, 0.717) is 44.4 Å². The zero-order valence-electron chi connectivity index (χ0n) is 18.7. The Morgan fingerprint density at radius 1 is 1.19 bits per heavy atom. The van der Waals surface area contributed by atoms with Crippen LogP contribution < -0.4 is 11.1 Å². The van der Waals surface area contributed by atoms with Crippen LogP contribution in [-0.2, 0) is 23.7 Å². The Morgan fingerprint density at radius 3 is 2.55 bits per heavy atom. The standard InChI is InChI=1S/C23H36N2O6/c1-4-30-23-17(9-11-28-13-14-29-12-10-26)18(16(2)3)15-21(31-23)22(27)25-20-8-6-5-7-19(20)24/h5-8,15-18,23,26H,4,9-14,24H2,1-3H3,(H,25,27)/t17-,18-,23-/m1/s1. The van der Waals surface area contributed by atoms with Gasteiger partial charge in [0.15, 0.2) is 5.76 Å². The monoisotopic (exact) mass is 436 g/mol. The Morgan fingerprint density at radius 2 is 1.90 bits per heavy atom. The van der Waals surface area contributed by atoms with Gasteiger partial charge in [-0.2, -0.15) is 0 Å². The summed E-state index contributed by atoms with van der Waals surface area (Å²) in [5, 5.41) is 11.5. The minimum Gasteiger partial charge on any atom is -0.459 e. The maximum absolute atomic E-state index is 12.9. The highest BCUT2D eigenvalue weighted by molar-refractivity contribution is 6.04. The van der Waals surface area contributed by atoms with Crippen molar-refractivity contribution in [1.82, 2.24) is 0 Å². The number of aliphatic hydroxyl groups excluding tert-OH is 1. The molecule has 1 heterocycles. The summed E-state index contributed by atoms with van der Waals surface area (Å²) in [6, 6.07) is 7.11. The molecule has 2 rings (SSSR count). The zero-order chi connectivity index (χ0) is 22.6. The Hall–Kier alpha value is -2.13. The second kappa shape index (κ2) is 13.3. The Balaban J connectivity index is 2.04. The van der Waals surface area contributed by atoms with Gasteiger partial charge in [-0.05, 0) is 43.4 Å². The molecular weight excluding hydrogens is 400 g/mol. The first kappa shape index (κ1) is 25.1. The van der Waals surface area contributed by atoms with E-state index in [4.69, 9.17) is 29.8 Å². The molecule has 0 aliphatic carbocycles. The number of carbonyl (C=O) groups excluding carboxylic acids is 1. The summed E-state index contributed by atoms with van der Waals surface area (Å²) in [5.41, 5.74) is 6.98. The molecule has 0 spiro atoms. The fourth-order valence-corrected chi connectivity index (χ4v) is 3.60. The lowest BCUT2D eigenvalue weighted by atomic mass is 9.79. The van der Waals surface area contributed by atoms with E-state index < -0.39 is 6.29 Å². The normalized spacial score (nSPS) is 20.9. The molecule has 31 heavy (non-hydrogen) atoms. The van der Waals surface area contributed by atoms with Crippen molar-refractivity contribution < 1.29 is 28.8 Å². The maximum Gasteiger partial charge on any atom is 0.290 e. The third-order valence-corrected chi connectivity index (χ3v) is 5.17. The second-order valence-corrected chi connectivity index (χ2v) is 7.74. The number of benzene rings is 1. The minimum atomic E-state index is -0.537. The average Bonchev–Trinajstić information content (AvgIpc) is 2.75. The first-order valence-electron chi connectivity index (χ1n) is 10.9. The lowest BCUT2D eigenvalue weighted by Gasteiger charge is -2.38. The summed E-state index contributed by atoms with van der Waals surface area (Å²) in [7, 11) is 0. The van der Waals surface area contributed by atoms with Crippen LogP contribution in [0.2, 0.25) is 0 Å². The number of nitrogens with one attached hydrogen (secondary N) is 1. The third kappa shape index (κ3) is 7.81. The third-order valence-electron chi connectivity index (χ3n) is 5.17. The molecule has 1 aliphatic heterocycles. The highest BCUT2D eigenvalue weighted by atomic mass is 16.7. The van der Waals surface area contributed by atoms with Gasteiger partial charge in [0.05, 0.1) is 37.8 Å². The molecule has 1 aromatic carbocycles. The number of hydrogen-bond acceptors (Lipinski definition) is 7. The van der Waals surface area contributed by atoms with Crippen LogP contribution in [0.3, 0.4) is 0 Å². The number of nitrogen functional groups attached to an aromatic ring is 1. The van der Waals surface area contributed by atoms with E-state index in [9.17, 15) is 4.79 Å². The van der Waals surface area contributed by atoms with Gasteiger partial charge in [0.1, 0.15) is 0 Å². The first-order valence-corrected chi connectivity index (χ1v) is 10.9. The lowest BCUT2D eigenvalue weighted by molar-refractivity contribution is -0.175. The number of amides is 1. The number of para-hydroxylation sites is 2. The number of allylic oxidation sites excluding steroid dienone is 1. The van der Waals surface area contributed by atoms with Crippen LogP contribution >= 0.6 is 0 Å². The molecule has 0 aromatic heterocycles. The molecule has 1 aromatic rings. The van der Waals surface area contributed by atoms with Crippen LogP contribution in [0.1, 0.15) is 27.2 Å². The Kier molecular flexibility index (Phi) is 10.8. The highest BCUT2D eigenvalue weighted by Gasteiger charge is 2.38. The molecule has 4 N–H and O–H groups in total. The van der Waals surface area contributed by atoms with E-state index in [1.165, 1.54) is 0 Å². The van der Waals surface area contributed by atoms with Crippen molar-refractivity contribution in [2.45, 2.75) is 33.5 Å². The Labute approximate surface area is 184 Å². The summed E-state index contributed by atoms with van der Waals surface area (Å²) in [5.74, 6) is 0.332. The number of anilines is 2. The van der Waals surface area contributed by atoms with Crippen LogP contribution in [0, 0.1) is 17.8 Å². The van der Waals surface area contributed by atoms with E-state index in [0.717, 1.165) is 6.42 Å². The molecule has 0 saturated heterocycles. The van der Waals surface area contributed by atoms with Gasteiger partial charge < -0.3 is 35.1 Å². The number of rotatable bonds is 13. The van der Waals surface area contributed by atoms with Gasteiger partial charge in [0, 0.05) is 19.1 Å². The van der Waals surface area contributed by atoms with Crippen molar-refractivity contribution in [3.05, 3.63) is 36.1 Å². The van der Waals surface area contributed by atoms with Gasteiger partial charge in [-0.1, -0.05) is 26.0 Å². The van der Waals surface area contributed by atoms with Crippen molar-refractivity contribution in [3.63, 3.8) is 0 Å². The summed E-state index contributed by atoms with van der Waals surface area (Å²) >= 11 is 0. The largest absolute Gasteiger partial charge is 0.459 e. The molecule has 8 heteroatoms. The highest BCUT2D eigenvalue weighted by Crippen LogP contribution is 2.36.